The van der Waals surface area contributed by atoms with E-state index in [2.05, 4.69) is 54.7 Å². The van der Waals surface area contributed by atoms with E-state index in [1.54, 1.807) is 0 Å². The molecule has 0 saturated carbocycles. The number of nitrogens with one attached hydrogen (secondary N) is 1. The van der Waals surface area contributed by atoms with Gasteiger partial charge in [-0.2, -0.15) is 5.10 Å². The van der Waals surface area contributed by atoms with E-state index in [1.165, 1.54) is 11.1 Å². The zero-order chi connectivity index (χ0) is 12.1. The predicted molar refractivity (Wildman–Crippen MR) is 70.1 cm³/mol. The normalized spacial score (nSPS) is 12.6. The second-order valence-electron chi connectivity index (χ2n) is 4.23. The number of hydrogen-bond acceptors (Lipinski definition) is 2. The second kappa shape index (κ2) is 5.64. The number of hydrogen-bond donors (Lipinski definition) is 1. The average molecular weight is 229 g/mol. The van der Waals surface area contributed by atoms with Crippen molar-refractivity contribution in [2.24, 2.45) is 0 Å². The fraction of sp³-hybridized carbons (Fsp3) is 0.357. The summed E-state index contributed by atoms with van der Waals surface area (Å²) in [5.74, 6) is 0. The fourth-order valence-electron chi connectivity index (χ4n) is 1.92. The van der Waals surface area contributed by atoms with Crippen LogP contribution < -0.4 is 5.32 Å². The summed E-state index contributed by atoms with van der Waals surface area (Å²) in [7, 11) is 0. The van der Waals surface area contributed by atoms with Gasteiger partial charge in [-0.25, -0.2) is 0 Å². The first-order valence-corrected chi connectivity index (χ1v) is 6.07. The average Bonchev–Trinajstić information content (AvgIpc) is 2.78. The van der Waals surface area contributed by atoms with Crippen molar-refractivity contribution in [3.8, 4) is 0 Å². The van der Waals surface area contributed by atoms with Crippen LogP contribution in [-0.4, -0.2) is 22.9 Å². The van der Waals surface area contributed by atoms with Crippen LogP contribution in [0, 0.1) is 6.92 Å². The molecule has 2 aromatic rings. The van der Waals surface area contributed by atoms with Gasteiger partial charge in [-0.15, -0.1) is 0 Å². The molecule has 3 nitrogen and oxygen atoms in total. The fourth-order valence-corrected chi connectivity index (χ4v) is 1.92. The first-order valence-electron chi connectivity index (χ1n) is 6.07. The zero-order valence-corrected chi connectivity index (χ0v) is 10.4. The summed E-state index contributed by atoms with van der Waals surface area (Å²) < 4.78 is 2.04. The molecule has 0 spiro atoms. The lowest BCUT2D eigenvalue weighted by Crippen LogP contribution is -2.26. The van der Waals surface area contributed by atoms with Gasteiger partial charge in [0.05, 0.1) is 12.2 Å². The maximum Gasteiger partial charge on any atom is 0.0892 e. The minimum Gasteiger partial charge on any atom is -0.315 e. The Kier molecular flexibility index (Phi) is 3.94. The molecule has 1 N–H and O–H groups in total. The number of aromatic nitrogens is 2. The lowest BCUT2D eigenvalue weighted by atomic mass is 10.1. The minimum absolute atomic E-state index is 0.268. The van der Waals surface area contributed by atoms with Crippen molar-refractivity contribution in [2.75, 3.05) is 13.1 Å². The van der Waals surface area contributed by atoms with Crippen molar-refractivity contribution in [1.82, 2.24) is 15.1 Å². The van der Waals surface area contributed by atoms with Gasteiger partial charge in [0.15, 0.2) is 0 Å². The van der Waals surface area contributed by atoms with Crippen LogP contribution >= 0.6 is 0 Å². The van der Waals surface area contributed by atoms with Gasteiger partial charge in [0.1, 0.15) is 0 Å². The first-order chi connectivity index (χ1) is 8.31. The highest BCUT2D eigenvalue weighted by atomic mass is 15.3. The van der Waals surface area contributed by atoms with Gasteiger partial charge in [0, 0.05) is 12.7 Å². The molecule has 1 aromatic heterocycles. The summed E-state index contributed by atoms with van der Waals surface area (Å²) in [6.07, 6.45) is 4.00. The number of aryl methyl sites for hydroxylation is 1. The number of rotatable bonds is 5. The van der Waals surface area contributed by atoms with Crippen molar-refractivity contribution in [3.63, 3.8) is 0 Å². The van der Waals surface area contributed by atoms with E-state index >= 15 is 0 Å². The van der Waals surface area contributed by atoms with Crippen molar-refractivity contribution in [1.29, 1.82) is 0 Å². The van der Waals surface area contributed by atoms with E-state index in [4.69, 9.17) is 0 Å². The summed E-state index contributed by atoms with van der Waals surface area (Å²) in [6.45, 7) is 6.07. The Morgan fingerprint density at radius 1 is 1.29 bits per heavy atom. The summed E-state index contributed by atoms with van der Waals surface area (Å²) in [6, 6.07) is 10.8. The third kappa shape index (κ3) is 2.94. The van der Waals surface area contributed by atoms with E-state index in [9.17, 15) is 0 Å². The maximum absolute atomic E-state index is 4.42. The van der Waals surface area contributed by atoms with Gasteiger partial charge in [-0.3, -0.25) is 4.68 Å². The van der Waals surface area contributed by atoms with Crippen LogP contribution in [0.15, 0.2) is 42.7 Å². The van der Waals surface area contributed by atoms with Crippen LogP contribution in [0.3, 0.4) is 0 Å². The molecule has 0 aliphatic carbocycles. The monoisotopic (exact) mass is 229 g/mol. The minimum atomic E-state index is 0.268. The van der Waals surface area contributed by atoms with Crippen LogP contribution in [0.1, 0.15) is 24.1 Å². The molecule has 1 heterocycles. The summed E-state index contributed by atoms with van der Waals surface area (Å²) in [5, 5.41) is 7.82. The van der Waals surface area contributed by atoms with Gasteiger partial charge in [-0.1, -0.05) is 37.3 Å². The molecule has 1 unspecified atom stereocenters. The molecule has 3 heteroatoms. The van der Waals surface area contributed by atoms with Crippen LogP contribution in [0.2, 0.25) is 0 Å². The van der Waals surface area contributed by atoms with Crippen molar-refractivity contribution in [2.45, 2.75) is 19.9 Å². The van der Waals surface area contributed by atoms with E-state index < -0.39 is 0 Å². The zero-order valence-electron chi connectivity index (χ0n) is 10.4. The molecule has 1 atom stereocenters. The number of nitrogens with zero attached hydrogens (tertiary/aromatic N) is 2. The Balaban J connectivity index is 2.25. The molecule has 0 radical (unpaired) electrons. The molecular formula is C14H19N3. The van der Waals surface area contributed by atoms with Crippen LogP contribution in [0.4, 0.5) is 0 Å². The maximum atomic E-state index is 4.42. The molecule has 0 aliphatic heterocycles. The Bertz CT molecular complexity index is 448. The molecular weight excluding hydrogens is 210 g/mol. The summed E-state index contributed by atoms with van der Waals surface area (Å²) in [5.41, 5.74) is 2.49. The molecule has 0 bridgehead atoms. The molecule has 0 aliphatic rings. The van der Waals surface area contributed by atoms with Crippen molar-refractivity contribution >= 4 is 0 Å². The molecule has 90 valence electrons. The Morgan fingerprint density at radius 3 is 2.65 bits per heavy atom. The van der Waals surface area contributed by atoms with Gasteiger partial charge in [-0.05, 0) is 24.6 Å². The number of likely N-dealkylation sites (N-methyl/N-ethyl adjacent to an activating group) is 1. The molecule has 2 rings (SSSR count). The highest BCUT2D eigenvalue weighted by molar-refractivity contribution is 5.20. The van der Waals surface area contributed by atoms with Gasteiger partial charge < -0.3 is 5.32 Å². The van der Waals surface area contributed by atoms with Crippen LogP contribution in [0.25, 0.3) is 0 Å². The first kappa shape index (κ1) is 11.9. The summed E-state index contributed by atoms with van der Waals surface area (Å²) in [4.78, 5) is 0. The highest BCUT2D eigenvalue weighted by Gasteiger charge is 2.13. The number of benzene rings is 1. The van der Waals surface area contributed by atoms with E-state index in [0.717, 1.165) is 13.1 Å². The largest absolute Gasteiger partial charge is 0.315 e. The third-order valence-electron chi connectivity index (χ3n) is 2.82. The topological polar surface area (TPSA) is 29.9 Å². The van der Waals surface area contributed by atoms with Gasteiger partial charge >= 0.3 is 0 Å². The molecule has 0 saturated heterocycles. The molecule has 0 amide bonds. The lowest BCUT2D eigenvalue weighted by Gasteiger charge is -2.18. The lowest BCUT2D eigenvalue weighted by molar-refractivity contribution is 0.487. The SMILES string of the molecule is CCNCC(c1ccccc1)n1cc(C)cn1. The van der Waals surface area contributed by atoms with Crippen LogP contribution in [0.5, 0.6) is 0 Å². The van der Waals surface area contributed by atoms with Crippen molar-refractivity contribution in [3.05, 3.63) is 53.9 Å². The Labute approximate surface area is 102 Å². The standard InChI is InChI=1S/C14H19N3/c1-3-15-10-14(13-7-5-4-6-8-13)17-11-12(2)9-16-17/h4-9,11,14-15H,3,10H2,1-2H3. The van der Waals surface area contributed by atoms with Crippen LogP contribution in [-0.2, 0) is 0 Å². The molecule has 0 fully saturated rings. The smallest absolute Gasteiger partial charge is 0.0892 e. The van der Waals surface area contributed by atoms with E-state index in [-0.39, 0.29) is 6.04 Å². The quantitative estimate of drug-likeness (QED) is 0.853. The predicted octanol–water partition coefficient (Wildman–Crippen LogP) is 2.39. The van der Waals surface area contributed by atoms with E-state index in [0.29, 0.717) is 0 Å². The summed E-state index contributed by atoms with van der Waals surface area (Å²) >= 11 is 0. The van der Waals surface area contributed by atoms with Gasteiger partial charge in [0.25, 0.3) is 0 Å². The van der Waals surface area contributed by atoms with Crippen molar-refractivity contribution < 1.29 is 0 Å². The van der Waals surface area contributed by atoms with Gasteiger partial charge in [0.2, 0.25) is 0 Å². The Hall–Kier alpha value is -1.61. The molecule has 17 heavy (non-hydrogen) atoms. The third-order valence-corrected chi connectivity index (χ3v) is 2.82. The second-order valence-corrected chi connectivity index (χ2v) is 4.23. The highest BCUT2D eigenvalue weighted by Crippen LogP contribution is 2.17. The Morgan fingerprint density at radius 2 is 2.06 bits per heavy atom. The molecule has 1 aromatic carbocycles. The van der Waals surface area contributed by atoms with E-state index in [1.807, 2.05) is 16.9 Å².